The molecule has 0 fully saturated rings. The van der Waals surface area contributed by atoms with Crippen LogP contribution in [0.1, 0.15) is 0 Å². The Morgan fingerprint density at radius 2 is 1.82 bits per heavy atom. The van der Waals surface area contributed by atoms with Crippen LogP contribution in [0.25, 0.3) is 0 Å². The molecule has 0 aromatic carbocycles. The summed E-state index contributed by atoms with van der Waals surface area (Å²) in [6.45, 7) is -2.90. The van der Waals surface area contributed by atoms with Crippen molar-refractivity contribution < 1.29 is 36.6 Å². The highest BCUT2D eigenvalue weighted by molar-refractivity contribution is 5.84. The fraction of sp³-hybridized carbons (Fsp3) is 0.714. The minimum absolute atomic E-state index is 0.00702. The summed E-state index contributed by atoms with van der Waals surface area (Å²) in [4.78, 5) is 20.4. The molecule has 0 saturated heterocycles. The third-order valence-electron chi connectivity index (χ3n) is 1.57. The van der Waals surface area contributed by atoms with Gasteiger partial charge in [-0.3, -0.25) is 9.59 Å². The number of carbonyl (C=O) groups excluding carboxylic acids is 2. The molecule has 5 nitrogen and oxygen atoms in total. The summed E-state index contributed by atoms with van der Waals surface area (Å²) in [5.41, 5.74) is 0. The lowest BCUT2D eigenvalue weighted by Crippen LogP contribution is -2.53. The second-order valence-corrected chi connectivity index (χ2v) is 2.96. The predicted octanol–water partition coefficient (Wildman–Crippen LogP) is -0.593. The smallest absolute Gasteiger partial charge is 0.384 e. The molecule has 0 aromatic heterocycles. The van der Waals surface area contributed by atoms with Crippen molar-refractivity contribution in [3.63, 3.8) is 0 Å². The molecule has 0 saturated carbocycles. The van der Waals surface area contributed by atoms with E-state index in [4.69, 9.17) is 5.11 Å². The number of halogens is 5. The minimum atomic E-state index is -4.84. The molecule has 0 aliphatic carbocycles. The van der Waals surface area contributed by atoms with Gasteiger partial charge < -0.3 is 15.7 Å². The highest BCUT2D eigenvalue weighted by Crippen LogP contribution is 2.20. The zero-order valence-corrected chi connectivity index (χ0v) is 8.22. The van der Waals surface area contributed by atoms with Crippen LogP contribution in [-0.4, -0.2) is 48.7 Å². The highest BCUT2D eigenvalue weighted by Gasteiger charge is 2.47. The highest BCUT2D eigenvalue weighted by atomic mass is 19.4. The average molecular weight is 264 g/mol. The molecule has 0 aromatic rings. The van der Waals surface area contributed by atoms with Crippen molar-refractivity contribution in [1.82, 2.24) is 10.6 Å². The minimum Gasteiger partial charge on any atom is -0.384 e. The van der Waals surface area contributed by atoms with Crippen molar-refractivity contribution in [3.8, 4) is 0 Å². The fourth-order valence-corrected chi connectivity index (χ4v) is 0.738. The lowest BCUT2D eigenvalue weighted by atomic mass is 10.1. The summed E-state index contributed by atoms with van der Waals surface area (Å²) in [6, 6.07) is 0. The van der Waals surface area contributed by atoms with E-state index in [1.165, 1.54) is 0 Å². The Hall–Kier alpha value is -1.45. The number of aliphatic hydroxyl groups is 1. The van der Waals surface area contributed by atoms with Gasteiger partial charge >= 0.3 is 12.1 Å². The standard InChI is InChI=1S/C7H9F5N2O3/c8-6(9,10)2-14-5(17)7(11,12)4(16)1-13-3-15/h3-4,16H,1-2H2,(H,13,15)(H,14,17). The third kappa shape index (κ3) is 5.43. The van der Waals surface area contributed by atoms with Gasteiger partial charge in [0.15, 0.2) is 0 Å². The van der Waals surface area contributed by atoms with E-state index in [-0.39, 0.29) is 6.41 Å². The number of hydrogen-bond donors (Lipinski definition) is 3. The van der Waals surface area contributed by atoms with Gasteiger partial charge in [-0.05, 0) is 0 Å². The van der Waals surface area contributed by atoms with Gasteiger partial charge in [-0.1, -0.05) is 0 Å². The Labute approximate surface area is 92.0 Å². The van der Waals surface area contributed by atoms with Crippen molar-refractivity contribution in [3.05, 3.63) is 0 Å². The van der Waals surface area contributed by atoms with Gasteiger partial charge in [0.2, 0.25) is 6.41 Å². The maximum absolute atomic E-state index is 12.9. The molecule has 0 aliphatic heterocycles. The fourth-order valence-electron chi connectivity index (χ4n) is 0.738. The quantitative estimate of drug-likeness (QED) is 0.443. The Morgan fingerprint density at radius 1 is 1.29 bits per heavy atom. The first-order chi connectivity index (χ1) is 7.61. The Bertz CT molecular complexity index is 281. The predicted molar refractivity (Wildman–Crippen MR) is 44.1 cm³/mol. The van der Waals surface area contributed by atoms with Gasteiger partial charge in [0.05, 0.1) is 0 Å². The van der Waals surface area contributed by atoms with Crippen LogP contribution in [-0.2, 0) is 9.59 Å². The monoisotopic (exact) mass is 264 g/mol. The van der Waals surface area contributed by atoms with Crippen molar-refractivity contribution in [1.29, 1.82) is 0 Å². The third-order valence-corrected chi connectivity index (χ3v) is 1.57. The van der Waals surface area contributed by atoms with E-state index in [2.05, 4.69) is 0 Å². The summed E-state index contributed by atoms with van der Waals surface area (Å²) in [5, 5.41) is 11.4. The summed E-state index contributed by atoms with van der Waals surface area (Å²) in [6.07, 6.45) is -7.45. The van der Waals surface area contributed by atoms with Crippen LogP contribution in [0.5, 0.6) is 0 Å². The van der Waals surface area contributed by atoms with E-state index in [0.29, 0.717) is 0 Å². The van der Waals surface area contributed by atoms with E-state index in [9.17, 15) is 31.5 Å². The summed E-state index contributed by atoms with van der Waals surface area (Å²) < 4.78 is 60.7. The lowest BCUT2D eigenvalue weighted by Gasteiger charge is -2.21. The van der Waals surface area contributed by atoms with Crippen LogP contribution >= 0.6 is 0 Å². The molecule has 17 heavy (non-hydrogen) atoms. The molecule has 0 radical (unpaired) electrons. The number of carbonyl (C=O) groups is 2. The van der Waals surface area contributed by atoms with Crippen LogP contribution in [0.15, 0.2) is 0 Å². The number of hydrogen-bond acceptors (Lipinski definition) is 3. The second-order valence-electron chi connectivity index (χ2n) is 2.96. The second kappa shape index (κ2) is 5.75. The van der Waals surface area contributed by atoms with Crippen LogP contribution in [0.3, 0.4) is 0 Å². The van der Waals surface area contributed by atoms with Crippen LogP contribution in [0.4, 0.5) is 22.0 Å². The van der Waals surface area contributed by atoms with Crippen molar-refractivity contribution in [2.45, 2.75) is 18.2 Å². The summed E-state index contributed by atoms with van der Waals surface area (Å²) >= 11 is 0. The Kier molecular flexibility index (Phi) is 5.26. The molecule has 0 rings (SSSR count). The largest absolute Gasteiger partial charge is 0.405 e. The lowest BCUT2D eigenvalue weighted by molar-refractivity contribution is -0.169. The topological polar surface area (TPSA) is 78.4 Å². The summed E-state index contributed by atoms with van der Waals surface area (Å²) in [7, 11) is 0. The van der Waals surface area contributed by atoms with Crippen molar-refractivity contribution in [2.24, 2.45) is 0 Å². The van der Waals surface area contributed by atoms with Crippen LogP contribution in [0.2, 0.25) is 0 Å². The Morgan fingerprint density at radius 3 is 2.24 bits per heavy atom. The molecular weight excluding hydrogens is 255 g/mol. The first-order valence-corrected chi connectivity index (χ1v) is 4.19. The maximum atomic E-state index is 12.9. The van der Waals surface area contributed by atoms with Gasteiger partial charge in [0, 0.05) is 6.54 Å². The van der Waals surface area contributed by atoms with E-state index in [1.54, 1.807) is 5.32 Å². The molecule has 0 bridgehead atoms. The zero-order valence-electron chi connectivity index (χ0n) is 8.22. The van der Waals surface area contributed by atoms with E-state index in [1.807, 2.05) is 0 Å². The SMILES string of the molecule is O=CNCC(O)C(F)(F)C(=O)NCC(F)(F)F. The molecule has 0 aliphatic rings. The molecule has 3 N–H and O–H groups in total. The molecule has 2 amide bonds. The molecule has 100 valence electrons. The average Bonchev–Trinajstić information content (AvgIpc) is 2.21. The number of rotatable bonds is 6. The van der Waals surface area contributed by atoms with E-state index < -0.39 is 37.2 Å². The van der Waals surface area contributed by atoms with Crippen molar-refractivity contribution >= 4 is 12.3 Å². The molecule has 1 unspecified atom stereocenters. The first kappa shape index (κ1) is 15.5. The van der Waals surface area contributed by atoms with Crippen molar-refractivity contribution in [2.75, 3.05) is 13.1 Å². The number of alkyl halides is 5. The van der Waals surface area contributed by atoms with E-state index in [0.717, 1.165) is 5.32 Å². The molecule has 0 heterocycles. The number of amides is 2. The summed E-state index contributed by atoms with van der Waals surface area (Å²) in [5.74, 6) is -6.70. The zero-order chi connectivity index (χ0) is 13.7. The van der Waals surface area contributed by atoms with Gasteiger partial charge in [0.25, 0.3) is 5.91 Å². The normalized spacial score (nSPS) is 14.0. The maximum Gasteiger partial charge on any atom is 0.405 e. The van der Waals surface area contributed by atoms with Gasteiger partial charge in [-0.2, -0.15) is 22.0 Å². The van der Waals surface area contributed by atoms with Gasteiger partial charge in [0.1, 0.15) is 12.6 Å². The first-order valence-electron chi connectivity index (χ1n) is 4.19. The molecular formula is C7H9F5N2O3. The molecule has 1 atom stereocenters. The van der Waals surface area contributed by atoms with Gasteiger partial charge in [-0.15, -0.1) is 0 Å². The van der Waals surface area contributed by atoms with Crippen LogP contribution < -0.4 is 10.6 Å². The van der Waals surface area contributed by atoms with Crippen LogP contribution in [0, 0.1) is 0 Å². The van der Waals surface area contributed by atoms with Gasteiger partial charge in [-0.25, -0.2) is 0 Å². The number of aliphatic hydroxyl groups excluding tert-OH is 1. The van der Waals surface area contributed by atoms with E-state index >= 15 is 0 Å². The molecule has 0 spiro atoms. The number of nitrogens with one attached hydrogen (secondary N) is 2. The molecule has 10 heteroatoms. The Balaban J connectivity index is 4.37.